The molecule has 1 N–H and O–H groups in total. The molecule has 0 bridgehead atoms. The number of halogens is 3. The van der Waals surface area contributed by atoms with Gasteiger partial charge in [0, 0.05) is 5.54 Å². The highest BCUT2D eigenvalue weighted by atomic mass is 19.4. The lowest BCUT2D eigenvalue weighted by atomic mass is 9.90. The zero-order valence-corrected chi connectivity index (χ0v) is 9.77. The number of hydrogen-bond donors (Lipinski definition) is 1. The van der Waals surface area contributed by atoms with E-state index in [9.17, 15) is 13.2 Å². The van der Waals surface area contributed by atoms with E-state index in [-0.39, 0.29) is 5.54 Å². The Hall–Kier alpha value is -1.03. The van der Waals surface area contributed by atoms with E-state index in [1.165, 1.54) is 0 Å². The molecule has 1 aromatic carbocycles. The number of hydrogen-bond acceptors (Lipinski definition) is 1. The second-order valence-corrected chi connectivity index (χ2v) is 4.85. The molecular weight excluding hydrogens is 227 g/mol. The minimum atomic E-state index is -4.13. The van der Waals surface area contributed by atoms with Crippen molar-refractivity contribution < 1.29 is 13.2 Å². The van der Waals surface area contributed by atoms with Crippen LogP contribution >= 0.6 is 0 Å². The van der Waals surface area contributed by atoms with Gasteiger partial charge < -0.3 is 5.32 Å². The van der Waals surface area contributed by atoms with E-state index in [4.69, 9.17) is 0 Å². The topological polar surface area (TPSA) is 12.0 Å². The summed E-state index contributed by atoms with van der Waals surface area (Å²) in [6, 6.07) is 6.76. The molecule has 1 fully saturated rings. The maximum absolute atomic E-state index is 12.2. The Labute approximate surface area is 99.0 Å². The van der Waals surface area contributed by atoms with Gasteiger partial charge in [-0.3, -0.25) is 0 Å². The van der Waals surface area contributed by atoms with Gasteiger partial charge in [-0.25, -0.2) is 0 Å². The number of nitrogens with one attached hydrogen (secondary N) is 1. The molecule has 17 heavy (non-hydrogen) atoms. The smallest absolute Gasteiger partial charge is 0.308 e. The molecule has 0 amide bonds. The van der Waals surface area contributed by atoms with Crippen molar-refractivity contribution in [1.82, 2.24) is 5.32 Å². The first-order valence-electron chi connectivity index (χ1n) is 5.80. The highest BCUT2D eigenvalue weighted by Crippen LogP contribution is 2.31. The average molecular weight is 243 g/mol. The van der Waals surface area contributed by atoms with Crippen LogP contribution in [-0.4, -0.2) is 12.7 Å². The van der Waals surface area contributed by atoms with Gasteiger partial charge in [-0.1, -0.05) is 24.3 Å². The van der Waals surface area contributed by atoms with Crippen molar-refractivity contribution in [2.75, 3.05) is 6.54 Å². The van der Waals surface area contributed by atoms with Crippen LogP contribution in [0.4, 0.5) is 13.2 Å². The Bertz CT molecular complexity index is 375. The SMILES string of the molecule is CC1(c2ccc(CC(F)(F)F)cc2)CCCN1. The highest BCUT2D eigenvalue weighted by molar-refractivity contribution is 5.29. The lowest BCUT2D eigenvalue weighted by Crippen LogP contribution is -2.33. The molecule has 1 saturated heterocycles. The second-order valence-electron chi connectivity index (χ2n) is 4.85. The van der Waals surface area contributed by atoms with Crippen LogP contribution in [0.5, 0.6) is 0 Å². The summed E-state index contributed by atoms with van der Waals surface area (Å²) in [6.45, 7) is 3.07. The maximum Gasteiger partial charge on any atom is 0.393 e. The van der Waals surface area contributed by atoms with Crippen LogP contribution in [0, 0.1) is 0 Å². The Morgan fingerprint density at radius 1 is 1.24 bits per heavy atom. The van der Waals surface area contributed by atoms with Gasteiger partial charge in [0.1, 0.15) is 0 Å². The van der Waals surface area contributed by atoms with E-state index < -0.39 is 12.6 Å². The van der Waals surface area contributed by atoms with Gasteiger partial charge >= 0.3 is 6.18 Å². The van der Waals surface area contributed by atoms with Crippen molar-refractivity contribution in [3.63, 3.8) is 0 Å². The Kier molecular flexibility index (Phi) is 3.17. The van der Waals surface area contributed by atoms with Crippen molar-refractivity contribution in [3.8, 4) is 0 Å². The standard InChI is InChI=1S/C13H16F3N/c1-12(7-2-8-17-12)11-5-3-10(4-6-11)9-13(14,15)16/h3-6,17H,2,7-9H2,1H3. The van der Waals surface area contributed by atoms with Gasteiger partial charge in [0.25, 0.3) is 0 Å². The summed E-state index contributed by atoms with van der Waals surface area (Å²) in [5.74, 6) is 0. The quantitative estimate of drug-likeness (QED) is 0.839. The highest BCUT2D eigenvalue weighted by Gasteiger charge is 2.31. The third-order valence-corrected chi connectivity index (χ3v) is 3.36. The van der Waals surface area contributed by atoms with Gasteiger partial charge in [-0.15, -0.1) is 0 Å². The average Bonchev–Trinajstić information content (AvgIpc) is 2.65. The predicted octanol–water partition coefficient (Wildman–Crippen LogP) is 3.39. The summed E-state index contributed by atoms with van der Waals surface area (Å²) in [7, 11) is 0. The van der Waals surface area contributed by atoms with Crippen molar-refractivity contribution in [2.24, 2.45) is 0 Å². The molecule has 1 aliphatic rings. The maximum atomic E-state index is 12.2. The van der Waals surface area contributed by atoms with Crippen LogP contribution < -0.4 is 5.32 Å². The second kappa shape index (κ2) is 4.33. The van der Waals surface area contributed by atoms with Crippen LogP contribution in [0.2, 0.25) is 0 Å². The lowest BCUT2D eigenvalue weighted by molar-refractivity contribution is -0.127. The first-order chi connectivity index (χ1) is 7.89. The summed E-state index contributed by atoms with van der Waals surface area (Å²) in [5, 5.41) is 3.39. The molecule has 0 radical (unpaired) electrons. The first kappa shape index (κ1) is 12.4. The zero-order valence-electron chi connectivity index (χ0n) is 9.77. The minimum Gasteiger partial charge on any atom is -0.308 e. The molecule has 0 aromatic heterocycles. The van der Waals surface area contributed by atoms with E-state index in [0.717, 1.165) is 24.9 Å². The first-order valence-corrected chi connectivity index (χ1v) is 5.80. The molecule has 0 spiro atoms. The fourth-order valence-corrected chi connectivity index (χ4v) is 2.36. The summed E-state index contributed by atoms with van der Waals surface area (Å²) in [4.78, 5) is 0. The van der Waals surface area contributed by atoms with Crippen LogP contribution in [0.15, 0.2) is 24.3 Å². The van der Waals surface area contributed by atoms with Gasteiger partial charge in [0.15, 0.2) is 0 Å². The number of benzene rings is 1. The third-order valence-electron chi connectivity index (χ3n) is 3.36. The lowest BCUT2D eigenvalue weighted by Gasteiger charge is -2.25. The monoisotopic (exact) mass is 243 g/mol. The van der Waals surface area contributed by atoms with Gasteiger partial charge in [0.2, 0.25) is 0 Å². The zero-order chi connectivity index (χ0) is 12.5. The van der Waals surface area contributed by atoms with Crippen molar-refractivity contribution in [1.29, 1.82) is 0 Å². The Balaban J connectivity index is 2.13. The van der Waals surface area contributed by atoms with E-state index in [1.54, 1.807) is 24.3 Å². The fraction of sp³-hybridized carbons (Fsp3) is 0.538. The van der Waals surface area contributed by atoms with Crippen molar-refractivity contribution >= 4 is 0 Å². The van der Waals surface area contributed by atoms with Crippen molar-refractivity contribution in [3.05, 3.63) is 35.4 Å². The molecule has 1 aliphatic heterocycles. The van der Waals surface area contributed by atoms with Crippen molar-refractivity contribution in [2.45, 2.75) is 37.9 Å². The number of rotatable bonds is 2. The Morgan fingerprint density at radius 3 is 2.35 bits per heavy atom. The molecule has 1 nitrogen and oxygen atoms in total. The van der Waals surface area contributed by atoms with Gasteiger partial charge in [-0.05, 0) is 37.4 Å². The molecule has 2 rings (SSSR count). The summed E-state index contributed by atoms with van der Waals surface area (Å²) in [5.41, 5.74) is 1.32. The molecule has 1 aromatic rings. The van der Waals surface area contributed by atoms with E-state index in [1.807, 2.05) is 0 Å². The van der Waals surface area contributed by atoms with Gasteiger partial charge in [-0.2, -0.15) is 13.2 Å². The minimum absolute atomic E-state index is 0.0727. The molecule has 1 atom stereocenters. The van der Waals surface area contributed by atoms with Gasteiger partial charge in [0.05, 0.1) is 6.42 Å². The number of alkyl halides is 3. The van der Waals surface area contributed by atoms with E-state index in [0.29, 0.717) is 5.56 Å². The molecule has 0 saturated carbocycles. The summed E-state index contributed by atoms with van der Waals surface area (Å²) < 4.78 is 36.6. The summed E-state index contributed by atoms with van der Waals surface area (Å²) in [6.07, 6.45) is -2.83. The normalized spacial score (nSPS) is 25.2. The van der Waals surface area contributed by atoms with Crippen LogP contribution in [0.25, 0.3) is 0 Å². The largest absolute Gasteiger partial charge is 0.393 e. The Morgan fingerprint density at radius 2 is 1.88 bits per heavy atom. The molecule has 1 unspecified atom stereocenters. The van der Waals surface area contributed by atoms with E-state index in [2.05, 4.69) is 12.2 Å². The van der Waals surface area contributed by atoms with Crippen LogP contribution in [-0.2, 0) is 12.0 Å². The molecule has 94 valence electrons. The van der Waals surface area contributed by atoms with E-state index >= 15 is 0 Å². The molecule has 4 heteroatoms. The molecule has 1 heterocycles. The van der Waals surface area contributed by atoms with Crippen LogP contribution in [0.3, 0.4) is 0 Å². The third kappa shape index (κ3) is 3.00. The molecular formula is C13H16F3N. The predicted molar refractivity (Wildman–Crippen MR) is 60.8 cm³/mol. The fourth-order valence-electron chi connectivity index (χ4n) is 2.36. The van der Waals surface area contributed by atoms with Crippen LogP contribution in [0.1, 0.15) is 30.9 Å². The summed E-state index contributed by atoms with van der Waals surface area (Å²) >= 11 is 0. The molecule has 0 aliphatic carbocycles.